The van der Waals surface area contributed by atoms with Crippen molar-refractivity contribution in [3.8, 4) is 0 Å². The molecule has 1 aromatic rings. The van der Waals surface area contributed by atoms with Gasteiger partial charge in [-0.05, 0) is 17.7 Å². The summed E-state index contributed by atoms with van der Waals surface area (Å²) in [6.07, 6.45) is 2.62. The predicted octanol–water partition coefficient (Wildman–Crippen LogP) is 3.36. The number of carboxylic acids is 1. The molecule has 90 valence electrons. The first-order valence-electron chi connectivity index (χ1n) is 4.85. The summed E-state index contributed by atoms with van der Waals surface area (Å²) < 4.78 is 0.639. The molecule has 0 spiro atoms. The molecule has 0 unspecified atom stereocenters. The van der Waals surface area contributed by atoms with Crippen molar-refractivity contribution in [1.82, 2.24) is 0 Å². The number of carbonyl (C=O) groups excluding carboxylic acids is 1. The molecular weight excluding hydrogens is 307 g/mol. The molecule has 3 nitrogen and oxygen atoms in total. The zero-order chi connectivity index (χ0) is 12.8. The van der Waals surface area contributed by atoms with Crippen molar-refractivity contribution in [2.45, 2.75) is 6.42 Å². The number of alkyl halides is 1. The van der Waals surface area contributed by atoms with E-state index in [0.29, 0.717) is 15.6 Å². The van der Waals surface area contributed by atoms with E-state index in [1.165, 1.54) is 6.08 Å². The van der Waals surface area contributed by atoms with Crippen LogP contribution in [0.25, 0.3) is 6.08 Å². The van der Waals surface area contributed by atoms with Gasteiger partial charge in [-0.3, -0.25) is 4.79 Å². The summed E-state index contributed by atoms with van der Waals surface area (Å²) in [6.45, 7) is 0. The van der Waals surface area contributed by atoms with Crippen LogP contribution in [-0.4, -0.2) is 22.7 Å². The smallest absolute Gasteiger partial charge is 0.328 e. The van der Waals surface area contributed by atoms with Gasteiger partial charge in [0.1, 0.15) is 0 Å². The second-order valence-electron chi connectivity index (χ2n) is 3.24. The van der Waals surface area contributed by atoms with E-state index in [9.17, 15) is 9.59 Å². The Bertz CT molecular complexity index is 469. The molecule has 0 aliphatic heterocycles. The number of aliphatic carboxylic acids is 1. The van der Waals surface area contributed by atoms with Crippen molar-refractivity contribution in [3.63, 3.8) is 0 Å². The van der Waals surface area contributed by atoms with Gasteiger partial charge in [-0.25, -0.2) is 4.79 Å². The largest absolute Gasteiger partial charge is 0.478 e. The van der Waals surface area contributed by atoms with E-state index < -0.39 is 5.97 Å². The van der Waals surface area contributed by atoms with Crippen LogP contribution >= 0.6 is 27.5 Å². The first-order chi connectivity index (χ1) is 8.06. The van der Waals surface area contributed by atoms with Gasteiger partial charge in [0, 0.05) is 28.4 Å². The zero-order valence-corrected chi connectivity index (χ0v) is 11.2. The Labute approximate surface area is 112 Å². The molecule has 1 aromatic carbocycles. The molecule has 0 radical (unpaired) electrons. The number of carbonyl (C=O) groups is 2. The summed E-state index contributed by atoms with van der Waals surface area (Å²) in [5.74, 6) is -0.930. The lowest BCUT2D eigenvalue weighted by molar-refractivity contribution is -0.131. The minimum atomic E-state index is -1.05. The second kappa shape index (κ2) is 6.57. The average molecular weight is 318 g/mol. The molecule has 0 aliphatic carbocycles. The summed E-state index contributed by atoms with van der Waals surface area (Å²) >= 11 is 8.81. The summed E-state index contributed by atoms with van der Waals surface area (Å²) in [4.78, 5) is 22.3. The third-order valence-electron chi connectivity index (χ3n) is 2.05. The third-order valence-corrected chi connectivity index (χ3v) is 2.90. The molecule has 0 fully saturated rings. The lowest BCUT2D eigenvalue weighted by atomic mass is 10.0. The Kier molecular flexibility index (Phi) is 5.38. The molecule has 5 heteroatoms. The van der Waals surface area contributed by atoms with Gasteiger partial charge in [-0.15, -0.1) is 11.6 Å². The van der Waals surface area contributed by atoms with Crippen molar-refractivity contribution < 1.29 is 14.7 Å². The molecule has 0 aromatic heterocycles. The highest BCUT2D eigenvalue weighted by Crippen LogP contribution is 2.23. The van der Waals surface area contributed by atoms with E-state index in [1.54, 1.807) is 18.2 Å². The number of hydrogen-bond acceptors (Lipinski definition) is 2. The summed E-state index contributed by atoms with van der Waals surface area (Å²) in [6, 6.07) is 5.16. The average Bonchev–Trinajstić information content (AvgIpc) is 2.26. The first-order valence-corrected chi connectivity index (χ1v) is 6.17. The van der Waals surface area contributed by atoms with E-state index in [1.807, 2.05) is 0 Å². The van der Waals surface area contributed by atoms with Gasteiger partial charge in [0.2, 0.25) is 0 Å². The summed E-state index contributed by atoms with van der Waals surface area (Å²) in [5, 5.41) is 8.57. The van der Waals surface area contributed by atoms with Crippen LogP contribution in [0.15, 0.2) is 28.7 Å². The highest BCUT2D eigenvalue weighted by molar-refractivity contribution is 9.10. The Hall–Kier alpha value is -1.13. The maximum Gasteiger partial charge on any atom is 0.328 e. The highest BCUT2D eigenvalue weighted by Gasteiger charge is 2.13. The summed E-state index contributed by atoms with van der Waals surface area (Å²) in [5.41, 5.74) is 1.03. The van der Waals surface area contributed by atoms with Gasteiger partial charge in [0.25, 0.3) is 0 Å². The Morgan fingerprint density at radius 2 is 2.12 bits per heavy atom. The second-order valence-corrected chi connectivity index (χ2v) is 4.47. The number of hydrogen-bond donors (Lipinski definition) is 1. The molecule has 0 bridgehead atoms. The normalized spacial score (nSPS) is 10.7. The molecular formula is C12H10BrClO3. The molecule has 0 amide bonds. The monoisotopic (exact) mass is 316 g/mol. The lowest BCUT2D eigenvalue weighted by Gasteiger charge is -2.06. The van der Waals surface area contributed by atoms with Crippen LogP contribution < -0.4 is 0 Å². The fourth-order valence-electron chi connectivity index (χ4n) is 1.35. The van der Waals surface area contributed by atoms with Crippen LogP contribution in [0.2, 0.25) is 0 Å². The number of halogens is 2. The predicted molar refractivity (Wildman–Crippen MR) is 70.5 cm³/mol. The zero-order valence-electron chi connectivity index (χ0n) is 8.82. The van der Waals surface area contributed by atoms with E-state index >= 15 is 0 Å². The van der Waals surface area contributed by atoms with E-state index in [2.05, 4.69) is 15.9 Å². The standard InChI is InChI=1S/C12H10BrClO3/c13-9-3-1-2-8(4-5-11(16)17)12(9)10(15)6-7-14/h1-5H,6-7H2,(H,16,17)/b5-4+. The van der Waals surface area contributed by atoms with Gasteiger partial charge >= 0.3 is 5.97 Å². The van der Waals surface area contributed by atoms with Gasteiger partial charge < -0.3 is 5.11 Å². The molecule has 0 heterocycles. The minimum absolute atomic E-state index is 0.113. The Balaban J connectivity index is 3.17. The molecule has 1 rings (SSSR count). The number of rotatable bonds is 5. The van der Waals surface area contributed by atoms with Crippen LogP contribution in [0.4, 0.5) is 0 Å². The van der Waals surface area contributed by atoms with Crippen LogP contribution in [0.1, 0.15) is 22.3 Å². The first kappa shape index (κ1) is 13.9. The third kappa shape index (κ3) is 3.98. The van der Waals surface area contributed by atoms with Crippen molar-refractivity contribution in [2.75, 3.05) is 5.88 Å². The molecule has 17 heavy (non-hydrogen) atoms. The van der Waals surface area contributed by atoms with E-state index in [0.717, 1.165) is 6.08 Å². The fourth-order valence-corrected chi connectivity index (χ4v) is 2.12. The van der Waals surface area contributed by atoms with Gasteiger partial charge in [0.05, 0.1) is 0 Å². The molecule has 1 N–H and O–H groups in total. The highest BCUT2D eigenvalue weighted by atomic mass is 79.9. The number of benzene rings is 1. The SMILES string of the molecule is O=C(O)/C=C/c1cccc(Br)c1C(=O)CCCl. The van der Waals surface area contributed by atoms with Crippen LogP contribution in [0.5, 0.6) is 0 Å². The summed E-state index contributed by atoms with van der Waals surface area (Å²) in [7, 11) is 0. The van der Waals surface area contributed by atoms with Crippen LogP contribution in [0, 0.1) is 0 Å². The Morgan fingerprint density at radius 3 is 2.71 bits per heavy atom. The van der Waals surface area contributed by atoms with Crippen molar-refractivity contribution in [3.05, 3.63) is 39.9 Å². The van der Waals surface area contributed by atoms with Gasteiger partial charge in [-0.1, -0.05) is 28.1 Å². The topological polar surface area (TPSA) is 54.4 Å². The van der Waals surface area contributed by atoms with Crippen molar-refractivity contribution in [2.24, 2.45) is 0 Å². The van der Waals surface area contributed by atoms with E-state index in [4.69, 9.17) is 16.7 Å². The quantitative estimate of drug-likeness (QED) is 0.515. The maximum absolute atomic E-state index is 11.8. The molecule has 0 aliphatic rings. The number of carboxylic acid groups (broad SMARTS) is 1. The van der Waals surface area contributed by atoms with Crippen molar-refractivity contribution in [1.29, 1.82) is 0 Å². The van der Waals surface area contributed by atoms with E-state index in [-0.39, 0.29) is 18.1 Å². The van der Waals surface area contributed by atoms with Crippen molar-refractivity contribution >= 4 is 45.4 Å². The van der Waals surface area contributed by atoms with Gasteiger partial charge in [0.15, 0.2) is 5.78 Å². The van der Waals surface area contributed by atoms with Crippen LogP contribution in [0.3, 0.4) is 0 Å². The molecule has 0 saturated carbocycles. The molecule has 0 saturated heterocycles. The Morgan fingerprint density at radius 1 is 1.41 bits per heavy atom. The fraction of sp³-hybridized carbons (Fsp3) is 0.167. The molecule has 0 atom stereocenters. The van der Waals surface area contributed by atoms with Crippen LogP contribution in [-0.2, 0) is 4.79 Å². The number of Topliss-reactive ketones (excluding diaryl/α,β-unsaturated/α-hetero) is 1. The van der Waals surface area contributed by atoms with Gasteiger partial charge in [-0.2, -0.15) is 0 Å². The maximum atomic E-state index is 11.8. The number of ketones is 1. The minimum Gasteiger partial charge on any atom is -0.478 e. The lowest BCUT2D eigenvalue weighted by Crippen LogP contribution is -2.03.